The number of aromatic nitrogens is 2. The van der Waals surface area contributed by atoms with Gasteiger partial charge >= 0.3 is 0 Å². The second kappa shape index (κ2) is 5.40. The monoisotopic (exact) mass is 376 g/mol. The van der Waals surface area contributed by atoms with Crippen molar-refractivity contribution in [1.29, 1.82) is 0 Å². The molecule has 4 rings (SSSR count). The number of nitrogens with one attached hydrogen (secondary N) is 1. The van der Waals surface area contributed by atoms with Crippen LogP contribution < -0.4 is 15.4 Å². The minimum Gasteiger partial charge on any atom is -0.497 e. The van der Waals surface area contributed by atoms with Gasteiger partial charge in [-0.05, 0) is 42.5 Å². The van der Waals surface area contributed by atoms with E-state index in [0.717, 1.165) is 0 Å². The Balaban J connectivity index is 2.03. The molecule has 25 heavy (non-hydrogen) atoms. The van der Waals surface area contributed by atoms with Crippen molar-refractivity contribution < 1.29 is 13.2 Å². The fourth-order valence-electron chi connectivity index (χ4n) is 2.86. The first-order valence-corrected chi connectivity index (χ1v) is 9.12. The van der Waals surface area contributed by atoms with E-state index >= 15 is 0 Å². The zero-order chi connectivity index (χ0) is 17.8. The third kappa shape index (κ3) is 2.25. The Morgan fingerprint density at radius 2 is 1.92 bits per heavy atom. The van der Waals surface area contributed by atoms with Gasteiger partial charge in [0.05, 0.1) is 17.7 Å². The second-order valence-electron chi connectivity index (χ2n) is 5.44. The van der Waals surface area contributed by atoms with Gasteiger partial charge in [-0.2, -0.15) is 5.10 Å². The fraction of sp³-hybridized carbons (Fsp3) is 0.0625. The van der Waals surface area contributed by atoms with Gasteiger partial charge in [-0.3, -0.25) is 10.00 Å². The number of hydrogen-bond acceptors (Lipinski definition) is 6. The summed E-state index contributed by atoms with van der Waals surface area (Å²) < 4.78 is 31.0. The molecule has 0 spiro atoms. The summed E-state index contributed by atoms with van der Waals surface area (Å²) in [5, 5.41) is 7.08. The average molecular weight is 377 g/mol. The molecule has 0 amide bonds. The van der Waals surface area contributed by atoms with Gasteiger partial charge in [0, 0.05) is 10.7 Å². The lowest BCUT2D eigenvalue weighted by Gasteiger charge is -2.30. The first kappa shape index (κ1) is 15.8. The molecule has 1 aliphatic rings. The van der Waals surface area contributed by atoms with Crippen LogP contribution in [0.25, 0.3) is 0 Å². The lowest BCUT2D eigenvalue weighted by atomic mass is 10.2. The number of hydrogen-bond donors (Lipinski definition) is 2. The van der Waals surface area contributed by atoms with E-state index < -0.39 is 9.84 Å². The lowest BCUT2D eigenvalue weighted by Crippen LogP contribution is -2.22. The number of sulfone groups is 1. The molecule has 0 bridgehead atoms. The predicted molar refractivity (Wildman–Crippen MR) is 94.7 cm³/mol. The van der Waals surface area contributed by atoms with Gasteiger partial charge in [-0.25, -0.2) is 8.42 Å². The van der Waals surface area contributed by atoms with E-state index in [1.165, 1.54) is 12.1 Å². The molecule has 0 aliphatic carbocycles. The highest BCUT2D eigenvalue weighted by atomic mass is 35.5. The Labute approximate surface area is 148 Å². The highest BCUT2D eigenvalue weighted by molar-refractivity contribution is 7.92. The van der Waals surface area contributed by atoms with Gasteiger partial charge in [-0.1, -0.05) is 11.6 Å². The molecule has 128 valence electrons. The quantitative estimate of drug-likeness (QED) is 0.556. The molecule has 0 radical (unpaired) electrons. The summed E-state index contributed by atoms with van der Waals surface area (Å²) in [6, 6.07) is 11.7. The number of rotatable bonds is 2. The van der Waals surface area contributed by atoms with Gasteiger partial charge in [0.1, 0.15) is 11.6 Å². The molecular formula is C16H13ClN4O3S. The molecule has 9 heteroatoms. The number of aromatic amines is 1. The summed E-state index contributed by atoms with van der Waals surface area (Å²) in [5.41, 5.74) is 6.95. The van der Waals surface area contributed by atoms with Gasteiger partial charge in [0.25, 0.3) is 0 Å². The maximum absolute atomic E-state index is 12.9. The maximum Gasteiger partial charge on any atom is 0.216 e. The van der Waals surface area contributed by atoms with Crippen molar-refractivity contribution >= 4 is 44.4 Å². The molecule has 0 saturated heterocycles. The van der Waals surface area contributed by atoms with E-state index in [-0.39, 0.29) is 21.4 Å². The summed E-state index contributed by atoms with van der Waals surface area (Å²) in [7, 11) is -2.23. The van der Waals surface area contributed by atoms with Crippen LogP contribution in [0.3, 0.4) is 0 Å². The van der Waals surface area contributed by atoms with Crippen molar-refractivity contribution in [2.24, 2.45) is 0 Å². The number of nitrogens with two attached hydrogens (primary N) is 1. The van der Waals surface area contributed by atoms with Crippen molar-refractivity contribution in [3.63, 3.8) is 0 Å². The van der Waals surface area contributed by atoms with E-state index in [4.69, 9.17) is 22.1 Å². The zero-order valence-electron chi connectivity index (χ0n) is 13.0. The van der Waals surface area contributed by atoms with Crippen LogP contribution in [0.15, 0.2) is 52.3 Å². The third-order valence-corrected chi connectivity index (χ3v) is 6.09. The smallest absolute Gasteiger partial charge is 0.216 e. The standard InChI is InChI=1S/C16H13ClN4O3S/c1-24-11-5-3-10(4-6-11)21-12-8-9(17)2-7-13(12)25(22,23)14-15(18)19-20-16(14)21/h2-8H,1H3,(H3,18,19,20). The minimum absolute atomic E-state index is 0.00545. The Bertz CT molecular complexity index is 1080. The molecule has 0 unspecified atom stereocenters. The molecule has 2 aromatic carbocycles. The van der Waals surface area contributed by atoms with Crippen LogP contribution in [0.5, 0.6) is 5.75 Å². The Morgan fingerprint density at radius 3 is 2.60 bits per heavy atom. The topological polar surface area (TPSA) is 101 Å². The Hall–Kier alpha value is -2.71. The molecule has 3 N–H and O–H groups in total. The molecule has 0 saturated carbocycles. The van der Waals surface area contributed by atoms with Crippen LogP contribution in [0.4, 0.5) is 23.0 Å². The van der Waals surface area contributed by atoms with Crippen molar-refractivity contribution in [1.82, 2.24) is 10.2 Å². The van der Waals surface area contributed by atoms with Crippen LogP contribution in [0.2, 0.25) is 5.02 Å². The predicted octanol–water partition coefficient (Wildman–Crippen LogP) is 3.27. The van der Waals surface area contributed by atoms with Crippen LogP contribution >= 0.6 is 11.6 Å². The minimum atomic E-state index is -3.80. The molecule has 0 fully saturated rings. The number of anilines is 4. The van der Waals surface area contributed by atoms with E-state index in [1.54, 1.807) is 42.3 Å². The molecular weight excluding hydrogens is 364 g/mol. The maximum atomic E-state index is 12.9. The zero-order valence-corrected chi connectivity index (χ0v) is 14.6. The highest BCUT2D eigenvalue weighted by Crippen LogP contribution is 2.49. The average Bonchev–Trinajstić information content (AvgIpc) is 2.98. The molecule has 0 atom stereocenters. The Kier molecular flexibility index (Phi) is 3.41. The van der Waals surface area contributed by atoms with Crippen molar-refractivity contribution in [2.75, 3.05) is 17.7 Å². The van der Waals surface area contributed by atoms with Gasteiger partial charge in [0.15, 0.2) is 10.7 Å². The molecule has 1 aromatic heterocycles. The van der Waals surface area contributed by atoms with Gasteiger partial charge in [0.2, 0.25) is 9.84 Å². The second-order valence-corrected chi connectivity index (χ2v) is 7.73. The van der Waals surface area contributed by atoms with Crippen molar-refractivity contribution in [2.45, 2.75) is 9.79 Å². The van der Waals surface area contributed by atoms with Gasteiger partial charge < -0.3 is 10.5 Å². The van der Waals surface area contributed by atoms with Gasteiger partial charge in [-0.15, -0.1) is 0 Å². The number of H-pyrrole nitrogens is 1. The van der Waals surface area contributed by atoms with Crippen LogP contribution in [-0.4, -0.2) is 25.7 Å². The van der Waals surface area contributed by atoms with E-state index in [0.29, 0.717) is 22.1 Å². The number of nitrogens with zero attached hydrogens (tertiary/aromatic N) is 2. The molecule has 1 aliphatic heterocycles. The van der Waals surface area contributed by atoms with Crippen molar-refractivity contribution in [3.05, 3.63) is 47.5 Å². The summed E-state index contributed by atoms with van der Waals surface area (Å²) >= 11 is 6.11. The Morgan fingerprint density at radius 1 is 1.20 bits per heavy atom. The fourth-order valence-corrected chi connectivity index (χ4v) is 4.63. The van der Waals surface area contributed by atoms with Crippen molar-refractivity contribution in [3.8, 4) is 5.75 Å². The number of benzene rings is 2. The summed E-state index contributed by atoms with van der Waals surface area (Å²) in [6.45, 7) is 0. The number of halogens is 1. The largest absolute Gasteiger partial charge is 0.497 e. The van der Waals surface area contributed by atoms with E-state index in [2.05, 4.69) is 10.2 Å². The SMILES string of the molecule is COc1ccc(N2c3cc(Cl)ccc3S(=O)(=O)c3c2n[nH]c3N)cc1. The molecule has 3 aromatic rings. The number of ether oxygens (including phenoxy) is 1. The number of fused-ring (bicyclic) bond motifs is 2. The van der Waals surface area contributed by atoms with Crippen LogP contribution in [0, 0.1) is 0 Å². The highest BCUT2D eigenvalue weighted by Gasteiger charge is 2.39. The normalized spacial score (nSPS) is 14.7. The number of nitrogen functional groups attached to an aromatic ring is 1. The first-order valence-electron chi connectivity index (χ1n) is 7.26. The van der Waals surface area contributed by atoms with Crippen LogP contribution in [0.1, 0.15) is 0 Å². The van der Waals surface area contributed by atoms with Crippen LogP contribution in [-0.2, 0) is 9.84 Å². The molecule has 7 nitrogen and oxygen atoms in total. The van der Waals surface area contributed by atoms with E-state index in [9.17, 15) is 8.42 Å². The summed E-state index contributed by atoms with van der Waals surface area (Å²) in [4.78, 5) is 1.77. The third-order valence-electron chi connectivity index (χ3n) is 3.99. The van der Waals surface area contributed by atoms with E-state index in [1.807, 2.05) is 0 Å². The lowest BCUT2D eigenvalue weighted by molar-refractivity contribution is 0.415. The summed E-state index contributed by atoms with van der Waals surface area (Å²) in [5.74, 6) is 0.882. The summed E-state index contributed by atoms with van der Waals surface area (Å²) in [6.07, 6.45) is 0. The first-order chi connectivity index (χ1) is 11.9. The molecule has 2 heterocycles. The number of methoxy groups -OCH3 is 1.